The number of hydrogen-bond donors (Lipinski definition) is 2. The first-order valence-electron chi connectivity index (χ1n) is 7.65. The van der Waals surface area contributed by atoms with Gasteiger partial charge in [0.2, 0.25) is 5.91 Å². The molecule has 8 nitrogen and oxygen atoms in total. The maximum absolute atomic E-state index is 12.7. The van der Waals surface area contributed by atoms with Crippen molar-refractivity contribution in [2.75, 3.05) is 18.6 Å². The summed E-state index contributed by atoms with van der Waals surface area (Å²) in [5.74, 6) is -1.31. The van der Waals surface area contributed by atoms with Crippen molar-refractivity contribution in [3.05, 3.63) is 45.1 Å². The van der Waals surface area contributed by atoms with Crippen LogP contribution >= 0.6 is 11.8 Å². The van der Waals surface area contributed by atoms with Gasteiger partial charge in [0.1, 0.15) is 6.04 Å². The van der Waals surface area contributed by atoms with Gasteiger partial charge in [0.25, 0.3) is 5.56 Å². The Bertz CT molecular complexity index is 889. The van der Waals surface area contributed by atoms with Gasteiger partial charge in [-0.05, 0) is 30.6 Å². The number of carbonyl (C=O) groups excluding carboxylic acids is 2. The molecule has 1 heterocycles. The van der Waals surface area contributed by atoms with E-state index in [1.807, 2.05) is 6.26 Å². The van der Waals surface area contributed by atoms with Crippen molar-refractivity contribution in [2.24, 2.45) is 0 Å². The zero-order chi connectivity index (χ0) is 18.4. The van der Waals surface area contributed by atoms with Gasteiger partial charge in [-0.15, -0.1) is 0 Å². The summed E-state index contributed by atoms with van der Waals surface area (Å²) >= 11 is 1.47. The second-order valence-electron chi connectivity index (χ2n) is 5.36. The number of aromatic nitrogens is 2. The summed E-state index contributed by atoms with van der Waals surface area (Å²) in [6.45, 7) is -0.128. The van der Waals surface area contributed by atoms with Gasteiger partial charge in [-0.1, -0.05) is 12.1 Å². The predicted molar refractivity (Wildman–Crippen MR) is 93.5 cm³/mol. The lowest BCUT2D eigenvalue weighted by Gasteiger charge is -2.19. The molecular weight excluding hydrogens is 346 g/mol. The second kappa shape index (κ2) is 8.52. The van der Waals surface area contributed by atoms with Crippen LogP contribution in [0.15, 0.2) is 33.9 Å². The Morgan fingerprint density at radius 2 is 2.04 bits per heavy atom. The van der Waals surface area contributed by atoms with Crippen LogP contribution in [-0.2, 0) is 9.59 Å². The summed E-state index contributed by atoms with van der Waals surface area (Å²) in [4.78, 5) is 50.6. The normalized spacial score (nSPS) is 12.0. The number of para-hydroxylation sites is 1. The van der Waals surface area contributed by atoms with Crippen molar-refractivity contribution in [1.82, 2.24) is 14.9 Å². The number of hydrogen-bond acceptors (Lipinski definition) is 6. The highest BCUT2D eigenvalue weighted by Gasteiger charge is 2.24. The second-order valence-corrected chi connectivity index (χ2v) is 6.35. The van der Waals surface area contributed by atoms with Crippen molar-refractivity contribution in [3.63, 3.8) is 0 Å². The molecule has 0 aliphatic heterocycles. The molecule has 0 aliphatic rings. The number of carbonyl (C=O) groups is 2. The third-order valence-corrected chi connectivity index (χ3v) is 4.32. The molecule has 134 valence electrons. The Labute approximate surface area is 147 Å². The minimum atomic E-state index is -1.29. The molecule has 0 fully saturated rings. The molecule has 1 aromatic carbocycles. The Kier molecular flexibility index (Phi) is 6.40. The van der Waals surface area contributed by atoms with Crippen LogP contribution in [0.1, 0.15) is 18.9 Å². The van der Waals surface area contributed by atoms with E-state index in [4.69, 9.17) is 0 Å². The molecule has 0 unspecified atom stereocenters. The lowest BCUT2D eigenvalue weighted by atomic mass is 10.2. The Morgan fingerprint density at radius 3 is 2.72 bits per heavy atom. The number of benzene rings is 1. The van der Waals surface area contributed by atoms with E-state index in [0.717, 1.165) is 4.57 Å². The van der Waals surface area contributed by atoms with Gasteiger partial charge in [0.15, 0.2) is 0 Å². The summed E-state index contributed by atoms with van der Waals surface area (Å²) in [6.07, 6.45) is 1.77. The van der Waals surface area contributed by atoms with Gasteiger partial charge in [0.05, 0.1) is 10.9 Å². The Balaban J connectivity index is 2.42. The van der Waals surface area contributed by atoms with Crippen molar-refractivity contribution < 1.29 is 14.7 Å². The first-order chi connectivity index (χ1) is 12.0. The van der Waals surface area contributed by atoms with E-state index in [0.29, 0.717) is 16.7 Å². The van der Waals surface area contributed by atoms with Crippen LogP contribution in [-0.4, -0.2) is 40.0 Å². The van der Waals surface area contributed by atoms with Crippen molar-refractivity contribution >= 4 is 34.5 Å². The zero-order valence-electron chi connectivity index (χ0n) is 13.6. The molecule has 9 heteroatoms. The monoisotopic (exact) mass is 364 g/mol. The molecule has 1 amide bonds. The van der Waals surface area contributed by atoms with Gasteiger partial charge in [-0.25, -0.2) is 9.36 Å². The highest BCUT2D eigenvalue weighted by atomic mass is 32.2. The number of aromatic amines is 1. The van der Waals surface area contributed by atoms with Crippen LogP contribution in [0.5, 0.6) is 0 Å². The highest BCUT2D eigenvalue weighted by molar-refractivity contribution is 7.98. The minimum Gasteiger partial charge on any atom is -0.550 e. The smallest absolute Gasteiger partial charge is 0.329 e. The highest BCUT2D eigenvalue weighted by Crippen LogP contribution is 2.13. The number of rotatable bonds is 8. The van der Waals surface area contributed by atoms with Crippen molar-refractivity contribution in [3.8, 4) is 0 Å². The van der Waals surface area contributed by atoms with E-state index >= 15 is 0 Å². The van der Waals surface area contributed by atoms with Crippen LogP contribution in [0.4, 0.5) is 0 Å². The molecule has 1 aromatic heterocycles. The quantitative estimate of drug-likeness (QED) is 0.634. The average molecular weight is 364 g/mol. The first-order valence-corrected chi connectivity index (χ1v) is 9.05. The number of carboxylic acid groups (broad SMARTS) is 1. The molecule has 2 rings (SSSR count). The lowest BCUT2D eigenvalue weighted by Crippen LogP contribution is -2.45. The van der Waals surface area contributed by atoms with E-state index in [-0.39, 0.29) is 19.4 Å². The van der Waals surface area contributed by atoms with Gasteiger partial charge >= 0.3 is 5.69 Å². The fourth-order valence-corrected chi connectivity index (χ4v) is 2.93. The van der Waals surface area contributed by atoms with Crippen LogP contribution in [0.25, 0.3) is 10.9 Å². The summed E-state index contributed by atoms with van der Waals surface area (Å²) in [5.41, 5.74) is -0.833. The number of carboxylic acids is 1. The number of nitrogens with zero attached hydrogens (tertiary/aromatic N) is 1. The SMILES string of the molecule is CSCC[C@@H](C(=O)NCCC(=O)[O-])n1c(=O)[nH]c2ccccc2c1=O. The number of H-pyrrole nitrogens is 1. The molecular formula is C16H18N3O5S-. The number of fused-ring (bicyclic) bond motifs is 1. The number of amides is 1. The molecule has 1 atom stereocenters. The maximum Gasteiger partial charge on any atom is 0.329 e. The fourth-order valence-electron chi connectivity index (χ4n) is 2.47. The van der Waals surface area contributed by atoms with E-state index in [1.165, 1.54) is 11.8 Å². The van der Waals surface area contributed by atoms with Crippen LogP contribution < -0.4 is 21.7 Å². The molecule has 0 spiro atoms. The standard InChI is InChI=1S/C16H19N3O5S/c1-25-9-7-12(14(22)17-8-6-13(20)21)19-15(23)10-4-2-3-5-11(10)18-16(19)24/h2-5,12H,6-9H2,1H3,(H,17,22)(H,18,24)(H,20,21)/p-1/t12-/m0/s1. The van der Waals surface area contributed by atoms with Gasteiger partial charge < -0.3 is 20.2 Å². The zero-order valence-corrected chi connectivity index (χ0v) is 14.4. The summed E-state index contributed by atoms with van der Waals surface area (Å²) in [5, 5.41) is 13.2. The van der Waals surface area contributed by atoms with Crippen molar-refractivity contribution in [2.45, 2.75) is 18.9 Å². The molecule has 0 aliphatic carbocycles. The van der Waals surface area contributed by atoms with Crippen molar-refractivity contribution in [1.29, 1.82) is 0 Å². The maximum atomic E-state index is 12.7. The summed E-state index contributed by atoms with van der Waals surface area (Å²) in [6, 6.07) is 5.53. The first kappa shape index (κ1) is 18.8. The van der Waals surface area contributed by atoms with E-state index < -0.39 is 29.2 Å². The number of thioether (sulfide) groups is 1. The molecule has 2 N–H and O–H groups in total. The van der Waals surface area contributed by atoms with E-state index in [1.54, 1.807) is 24.3 Å². The Morgan fingerprint density at radius 1 is 1.32 bits per heavy atom. The Hall–Kier alpha value is -2.55. The number of nitrogens with one attached hydrogen (secondary N) is 2. The third kappa shape index (κ3) is 4.50. The third-order valence-electron chi connectivity index (χ3n) is 3.67. The summed E-state index contributed by atoms with van der Waals surface area (Å²) < 4.78 is 0.896. The molecule has 0 saturated heterocycles. The molecule has 2 aromatic rings. The molecule has 25 heavy (non-hydrogen) atoms. The summed E-state index contributed by atoms with van der Waals surface area (Å²) in [7, 11) is 0. The molecule has 0 saturated carbocycles. The van der Waals surface area contributed by atoms with Crippen LogP contribution in [0, 0.1) is 0 Å². The average Bonchev–Trinajstić information content (AvgIpc) is 2.57. The predicted octanol–water partition coefficient (Wildman–Crippen LogP) is -0.760. The van der Waals surface area contributed by atoms with Gasteiger partial charge in [-0.3, -0.25) is 9.59 Å². The molecule has 0 radical (unpaired) electrons. The topological polar surface area (TPSA) is 124 Å². The van der Waals surface area contributed by atoms with Gasteiger partial charge in [-0.2, -0.15) is 11.8 Å². The molecule has 0 bridgehead atoms. The lowest BCUT2D eigenvalue weighted by molar-refractivity contribution is -0.305. The number of aliphatic carboxylic acids is 1. The van der Waals surface area contributed by atoms with E-state index in [2.05, 4.69) is 10.3 Å². The van der Waals surface area contributed by atoms with Gasteiger partial charge in [0, 0.05) is 18.9 Å². The van der Waals surface area contributed by atoms with Crippen LogP contribution in [0.2, 0.25) is 0 Å². The fraction of sp³-hybridized carbons (Fsp3) is 0.375. The van der Waals surface area contributed by atoms with E-state index in [9.17, 15) is 24.3 Å². The largest absolute Gasteiger partial charge is 0.550 e. The van der Waals surface area contributed by atoms with Crippen LogP contribution in [0.3, 0.4) is 0 Å². The minimum absolute atomic E-state index is 0.128.